The molecule has 0 unspecified atom stereocenters. The van der Waals surface area contributed by atoms with Crippen LogP contribution in [0.5, 0.6) is 0 Å². The molecule has 1 aromatic heterocycles. The third kappa shape index (κ3) is 2.58. The number of rotatable bonds is 4. The van der Waals surface area contributed by atoms with Crippen LogP contribution in [-0.2, 0) is 9.63 Å². The highest BCUT2D eigenvalue weighted by Crippen LogP contribution is 2.13. The largest absolute Gasteiger partial charge is 0.368 e. The van der Waals surface area contributed by atoms with Crippen molar-refractivity contribution in [2.24, 2.45) is 5.73 Å². The van der Waals surface area contributed by atoms with Crippen LogP contribution in [-0.4, -0.2) is 28.4 Å². The van der Waals surface area contributed by atoms with Crippen molar-refractivity contribution in [3.8, 4) is 0 Å². The van der Waals surface area contributed by atoms with Gasteiger partial charge >= 0.3 is 0 Å². The fourth-order valence-corrected chi connectivity index (χ4v) is 1.40. The Morgan fingerprint density at radius 2 is 2.06 bits per heavy atom. The number of carbonyl (C=O) groups excluding carboxylic acids is 2. The molecule has 0 radical (unpaired) electrons. The summed E-state index contributed by atoms with van der Waals surface area (Å²) in [4.78, 5) is 35.0. The fourth-order valence-electron chi connectivity index (χ4n) is 1.40. The Morgan fingerprint density at radius 1 is 1.28 bits per heavy atom. The third-order valence-corrected chi connectivity index (χ3v) is 2.12. The molecule has 1 aromatic carbocycles. The molecule has 2 aromatic rings. The van der Waals surface area contributed by atoms with E-state index in [0.29, 0.717) is 16.6 Å². The summed E-state index contributed by atoms with van der Waals surface area (Å²) >= 11 is 0. The van der Waals surface area contributed by atoms with E-state index in [4.69, 9.17) is 5.73 Å². The number of hydroxylamine groups is 1. The van der Waals surface area contributed by atoms with Gasteiger partial charge in [-0.25, -0.2) is 5.48 Å². The average Bonchev–Trinajstić information content (AvgIpc) is 2.37. The van der Waals surface area contributed by atoms with Crippen LogP contribution >= 0.6 is 0 Å². The molecule has 0 bridgehead atoms. The van der Waals surface area contributed by atoms with E-state index in [1.165, 1.54) is 12.4 Å². The van der Waals surface area contributed by atoms with Crippen molar-refractivity contribution in [1.82, 2.24) is 15.4 Å². The topological polar surface area (TPSA) is 107 Å². The fraction of sp³-hybridized carbons (Fsp3) is 0.0909. The van der Waals surface area contributed by atoms with E-state index in [-0.39, 0.29) is 6.61 Å². The van der Waals surface area contributed by atoms with Crippen LogP contribution in [0.15, 0.2) is 30.6 Å². The summed E-state index contributed by atoms with van der Waals surface area (Å²) < 4.78 is 0. The molecule has 0 saturated heterocycles. The number of hydrogen-bond acceptors (Lipinski definition) is 5. The number of nitrogens with one attached hydrogen (secondary N) is 1. The maximum Gasteiger partial charge on any atom is 0.277 e. The summed E-state index contributed by atoms with van der Waals surface area (Å²) in [6.45, 7) is -0.387. The zero-order chi connectivity index (χ0) is 13.0. The molecule has 0 aliphatic carbocycles. The van der Waals surface area contributed by atoms with Crippen LogP contribution in [0.3, 0.4) is 0 Å². The Bertz CT molecular complexity index is 594. The van der Waals surface area contributed by atoms with Crippen LogP contribution in [0.4, 0.5) is 0 Å². The van der Waals surface area contributed by atoms with E-state index in [2.05, 4.69) is 20.3 Å². The van der Waals surface area contributed by atoms with Gasteiger partial charge in [-0.1, -0.05) is 6.07 Å². The highest BCUT2D eigenvalue weighted by atomic mass is 16.7. The van der Waals surface area contributed by atoms with Crippen LogP contribution in [0.1, 0.15) is 10.4 Å². The van der Waals surface area contributed by atoms with Crippen molar-refractivity contribution in [2.75, 3.05) is 6.61 Å². The summed E-state index contributed by atoms with van der Waals surface area (Å²) in [7, 11) is 0. The molecule has 0 spiro atoms. The van der Waals surface area contributed by atoms with Crippen LogP contribution in [0.25, 0.3) is 11.0 Å². The number of hydrogen-bond donors (Lipinski definition) is 2. The minimum absolute atomic E-state index is 0.310. The summed E-state index contributed by atoms with van der Waals surface area (Å²) in [6.07, 6.45) is 3.02. The van der Waals surface area contributed by atoms with E-state index >= 15 is 0 Å². The normalized spacial score (nSPS) is 10.2. The van der Waals surface area contributed by atoms with Crippen LogP contribution in [0, 0.1) is 0 Å². The lowest BCUT2D eigenvalue weighted by atomic mass is 10.1. The number of amides is 2. The molecule has 92 valence electrons. The molecule has 2 amide bonds. The predicted octanol–water partition coefficient (Wildman–Crippen LogP) is -0.224. The maximum atomic E-state index is 11.8. The van der Waals surface area contributed by atoms with Crippen LogP contribution in [0.2, 0.25) is 0 Å². The Labute approximate surface area is 102 Å². The predicted molar refractivity (Wildman–Crippen MR) is 62.2 cm³/mol. The lowest BCUT2D eigenvalue weighted by Crippen LogP contribution is -2.29. The van der Waals surface area contributed by atoms with Crippen molar-refractivity contribution < 1.29 is 14.4 Å². The number of aromatic nitrogens is 2. The molecular formula is C11H10N4O3. The molecule has 18 heavy (non-hydrogen) atoms. The van der Waals surface area contributed by atoms with Crippen LogP contribution < -0.4 is 11.2 Å². The summed E-state index contributed by atoms with van der Waals surface area (Å²) in [5.74, 6) is -1.18. The minimum atomic E-state index is -0.673. The number of nitrogens with zero attached hydrogens (tertiary/aromatic N) is 2. The van der Waals surface area contributed by atoms with E-state index in [0.717, 1.165) is 0 Å². The van der Waals surface area contributed by atoms with Gasteiger partial charge in [0.25, 0.3) is 5.91 Å². The molecule has 1 heterocycles. The molecule has 0 atom stereocenters. The van der Waals surface area contributed by atoms with E-state index in [1.54, 1.807) is 18.2 Å². The summed E-state index contributed by atoms with van der Waals surface area (Å²) in [5.41, 5.74) is 8.35. The maximum absolute atomic E-state index is 11.8. The van der Waals surface area contributed by atoms with Gasteiger partial charge < -0.3 is 5.73 Å². The number of benzene rings is 1. The molecule has 7 heteroatoms. The van der Waals surface area contributed by atoms with Gasteiger partial charge in [0.05, 0.1) is 11.1 Å². The van der Waals surface area contributed by atoms with Crippen molar-refractivity contribution in [3.63, 3.8) is 0 Å². The molecule has 7 nitrogen and oxygen atoms in total. The highest BCUT2D eigenvalue weighted by molar-refractivity contribution is 6.04. The van der Waals surface area contributed by atoms with Crippen molar-refractivity contribution in [2.45, 2.75) is 0 Å². The lowest BCUT2D eigenvalue weighted by Gasteiger charge is -2.05. The smallest absolute Gasteiger partial charge is 0.277 e. The first kappa shape index (κ1) is 11.9. The Balaban J connectivity index is 2.20. The number of nitrogens with two attached hydrogens (primary N) is 1. The zero-order valence-electron chi connectivity index (χ0n) is 9.29. The highest BCUT2D eigenvalue weighted by Gasteiger charge is 2.11. The summed E-state index contributed by atoms with van der Waals surface area (Å²) in [6, 6.07) is 5.00. The second kappa shape index (κ2) is 5.19. The Morgan fingerprint density at radius 3 is 2.83 bits per heavy atom. The van der Waals surface area contributed by atoms with Gasteiger partial charge in [-0.3, -0.25) is 24.4 Å². The zero-order valence-corrected chi connectivity index (χ0v) is 9.29. The second-order valence-corrected chi connectivity index (χ2v) is 3.42. The molecule has 3 N–H and O–H groups in total. The van der Waals surface area contributed by atoms with Crippen molar-refractivity contribution in [3.05, 3.63) is 36.2 Å². The minimum Gasteiger partial charge on any atom is -0.368 e. The molecule has 2 rings (SSSR count). The van der Waals surface area contributed by atoms with Gasteiger partial charge in [0.1, 0.15) is 5.52 Å². The SMILES string of the molecule is NC(=O)CONC(=O)c1cccc2nccnc12. The molecule has 0 saturated carbocycles. The first-order chi connectivity index (χ1) is 8.68. The van der Waals surface area contributed by atoms with Crippen molar-refractivity contribution >= 4 is 22.8 Å². The lowest BCUT2D eigenvalue weighted by molar-refractivity contribution is -0.124. The number of primary amides is 1. The Kier molecular flexibility index (Phi) is 3.44. The van der Waals surface area contributed by atoms with Gasteiger partial charge in [0.2, 0.25) is 5.91 Å². The van der Waals surface area contributed by atoms with Gasteiger partial charge in [0, 0.05) is 12.4 Å². The first-order valence-corrected chi connectivity index (χ1v) is 5.08. The van der Waals surface area contributed by atoms with Gasteiger partial charge in [0.15, 0.2) is 6.61 Å². The molecule has 0 aliphatic heterocycles. The van der Waals surface area contributed by atoms with Crippen molar-refractivity contribution in [1.29, 1.82) is 0 Å². The number of para-hydroxylation sites is 1. The number of carbonyl (C=O) groups is 2. The van der Waals surface area contributed by atoms with E-state index in [1.807, 2.05) is 0 Å². The average molecular weight is 246 g/mol. The first-order valence-electron chi connectivity index (χ1n) is 5.08. The third-order valence-electron chi connectivity index (χ3n) is 2.12. The second-order valence-electron chi connectivity index (χ2n) is 3.42. The van der Waals surface area contributed by atoms with Gasteiger partial charge in [-0.15, -0.1) is 0 Å². The van der Waals surface area contributed by atoms with Gasteiger partial charge in [-0.2, -0.15) is 0 Å². The van der Waals surface area contributed by atoms with Gasteiger partial charge in [-0.05, 0) is 12.1 Å². The standard InChI is InChI=1S/C11H10N4O3/c12-9(16)6-18-15-11(17)7-2-1-3-8-10(7)14-5-4-13-8/h1-5H,6H2,(H2,12,16)(H,15,17). The Hall–Kier alpha value is -2.54. The summed E-state index contributed by atoms with van der Waals surface area (Å²) in [5, 5.41) is 0. The monoisotopic (exact) mass is 246 g/mol. The van der Waals surface area contributed by atoms with E-state index < -0.39 is 11.8 Å². The molecule has 0 aliphatic rings. The quantitative estimate of drug-likeness (QED) is 0.725. The molecular weight excluding hydrogens is 236 g/mol. The molecule has 0 fully saturated rings. The number of fused-ring (bicyclic) bond motifs is 1. The van der Waals surface area contributed by atoms with E-state index in [9.17, 15) is 9.59 Å².